The maximum absolute atomic E-state index is 13.1. The number of nitrogens with one attached hydrogen (secondary N) is 3. The van der Waals surface area contributed by atoms with E-state index in [0.717, 1.165) is 5.56 Å². The minimum absolute atomic E-state index is 0.0140. The third kappa shape index (κ3) is 8.11. The van der Waals surface area contributed by atoms with Crippen LogP contribution in [0.4, 0.5) is 5.13 Å². The zero-order valence-electron chi connectivity index (χ0n) is 18.6. The third-order valence-corrected chi connectivity index (χ3v) is 7.56. The molecule has 0 aliphatic heterocycles. The highest BCUT2D eigenvalue weighted by molar-refractivity contribution is 7.89. The Kier molecular flexibility index (Phi) is 9.75. The normalized spacial score (nSPS) is 12.2. The minimum Gasteiger partial charge on any atom is -0.301 e. The summed E-state index contributed by atoms with van der Waals surface area (Å²) in [4.78, 5) is 28.6. The monoisotopic (exact) mass is 536 g/mol. The van der Waals surface area contributed by atoms with E-state index in [1.165, 1.54) is 35.6 Å². The van der Waals surface area contributed by atoms with Crippen LogP contribution in [-0.4, -0.2) is 36.5 Å². The van der Waals surface area contributed by atoms with E-state index in [9.17, 15) is 18.0 Å². The average Bonchev–Trinajstić information content (AvgIpc) is 3.32. The van der Waals surface area contributed by atoms with Gasteiger partial charge in [0.05, 0.1) is 10.6 Å². The smallest absolute Gasteiger partial charge is 0.244 e. The molecule has 0 aliphatic rings. The molecule has 12 heteroatoms. The lowest BCUT2D eigenvalue weighted by Crippen LogP contribution is -2.43. The Balaban J connectivity index is 1.70. The topological polar surface area (TPSA) is 137 Å². The van der Waals surface area contributed by atoms with Crippen LogP contribution in [0.1, 0.15) is 32.1 Å². The lowest BCUT2D eigenvalue weighted by atomic mass is 10.1. The molecule has 1 atom stereocenters. The number of rotatable bonds is 12. The number of hydroxylamine groups is 1. The summed E-state index contributed by atoms with van der Waals surface area (Å²) in [7, 11) is -4.00. The molecule has 0 saturated heterocycles. The highest BCUT2D eigenvalue weighted by Crippen LogP contribution is 2.25. The minimum atomic E-state index is -4.00. The van der Waals surface area contributed by atoms with Crippen molar-refractivity contribution in [3.05, 3.63) is 65.0 Å². The zero-order chi connectivity index (χ0) is 25.3. The summed E-state index contributed by atoms with van der Waals surface area (Å²) < 4.78 is 28.3. The highest BCUT2D eigenvalue weighted by Gasteiger charge is 2.26. The summed E-state index contributed by atoms with van der Waals surface area (Å²) in [5.74, 6) is -1.04. The summed E-state index contributed by atoms with van der Waals surface area (Å²) in [5.41, 5.74) is 3.17. The number of aromatic nitrogens is 1. The van der Waals surface area contributed by atoms with Gasteiger partial charge in [-0.05, 0) is 37.1 Å². The van der Waals surface area contributed by atoms with Gasteiger partial charge in [0.2, 0.25) is 21.8 Å². The van der Waals surface area contributed by atoms with Gasteiger partial charge in [0.1, 0.15) is 6.04 Å². The molecule has 0 fully saturated rings. The molecule has 4 N–H and O–H groups in total. The Morgan fingerprint density at radius 3 is 2.43 bits per heavy atom. The molecule has 3 rings (SSSR count). The summed E-state index contributed by atoms with van der Waals surface area (Å²) in [6, 6.07) is 14.0. The summed E-state index contributed by atoms with van der Waals surface area (Å²) in [6.45, 7) is 0. The van der Waals surface area contributed by atoms with Crippen molar-refractivity contribution >= 4 is 49.9 Å². The van der Waals surface area contributed by atoms with E-state index in [0.29, 0.717) is 35.1 Å². The number of hydrogen-bond donors (Lipinski definition) is 4. The molecule has 35 heavy (non-hydrogen) atoms. The Bertz CT molecular complexity index is 1230. The molecule has 0 bridgehead atoms. The number of hydrogen-bond acceptors (Lipinski definition) is 7. The number of thiazole rings is 1. The molecular weight excluding hydrogens is 512 g/mol. The van der Waals surface area contributed by atoms with Gasteiger partial charge in [-0.1, -0.05) is 54.8 Å². The predicted octanol–water partition coefficient (Wildman–Crippen LogP) is 4.21. The molecule has 1 heterocycles. The Labute approximate surface area is 212 Å². The van der Waals surface area contributed by atoms with E-state index >= 15 is 0 Å². The summed E-state index contributed by atoms with van der Waals surface area (Å²) in [5, 5.41) is 13.8. The van der Waals surface area contributed by atoms with E-state index in [1.54, 1.807) is 5.48 Å². The fraction of sp³-hybridized carbons (Fsp3) is 0.261. The van der Waals surface area contributed by atoms with Crippen molar-refractivity contribution < 1.29 is 23.2 Å². The predicted molar refractivity (Wildman–Crippen MR) is 135 cm³/mol. The fourth-order valence-electron chi connectivity index (χ4n) is 3.24. The first-order valence-electron chi connectivity index (χ1n) is 10.8. The molecule has 9 nitrogen and oxygen atoms in total. The van der Waals surface area contributed by atoms with Crippen molar-refractivity contribution in [2.45, 2.75) is 43.0 Å². The van der Waals surface area contributed by atoms with Crippen LogP contribution in [0.25, 0.3) is 11.3 Å². The van der Waals surface area contributed by atoms with Crippen LogP contribution in [0.3, 0.4) is 0 Å². The molecule has 0 radical (unpaired) electrons. The number of nitrogens with zero attached hydrogens (tertiary/aromatic N) is 1. The van der Waals surface area contributed by atoms with Gasteiger partial charge in [-0.25, -0.2) is 18.9 Å². The molecule has 1 aromatic heterocycles. The molecule has 0 saturated carbocycles. The number of carbonyl (C=O) groups excluding carboxylic acids is 2. The molecule has 2 amide bonds. The van der Waals surface area contributed by atoms with Gasteiger partial charge < -0.3 is 5.32 Å². The van der Waals surface area contributed by atoms with Crippen molar-refractivity contribution in [1.82, 2.24) is 15.2 Å². The van der Waals surface area contributed by atoms with E-state index in [2.05, 4.69) is 15.0 Å². The first-order valence-corrected chi connectivity index (χ1v) is 13.6. The number of sulfonamides is 1. The molecule has 0 unspecified atom stereocenters. The average molecular weight is 537 g/mol. The maximum atomic E-state index is 13.1. The van der Waals surface area contributed by atoms with Crippen molar-refractivity contribution in [3.8, 4) is 11.3 Å². The molecule has 0 spiro atoms. The van der Waals surface area contributed by atoms with Crippen LogP contribution in [0.2, 0.25) is 5.02 Å². The lowest BCUT2D eigenvalue weighted by molar-refractivity contribution is -0.129. The second-order valence-corrected chi connectivity index (χ2v) is 10.7. The van der Waals surface area contributed by atoms with Crippen molar-refractivity contribution in [2.24, 2.45) is 0 Å². The standard InChI is InChI=1S/C23H25ClN4O5S2/c24-17-11-13-18(14-12-17)35(32,33)28-19(9-5-2-6-10-21(29)27-31)22(30)26-23-25-20(15-34-23)16-7-3-1-4-8-16/h1,3-4,7-8,11-15,19,28,31H,2,5-6,9-10H2,(H,27,29)(H,25,26,30)/t19-/m0/s1. The van der Waals surface area contributed by atoms with Crippen molar-refractivity contribution in [1.29, 1.82) is 0 Å². The third-order valence-electron chi connectivity index (χ3n) is 5.06. The highest BCUT2D eigenvalue weighted by atomic mass is 35.5. The van der Waals surface area contributed by atoms with E-state index < -0.39 is 27.9 Å². The van der Waals surface area contributed by atoms with Gasteiger partial charge in [0.15, 0.2) is 5.13 Å². The van der Waals surface area contributed by atoms with E-state index in [4.69, 9.17) is 16.8 Å². The van der Waals surface area contributed by atoms with Gasteiger partial charge in [0, 0.05) is 22.4 Å². The number of carbonyl (C=O) groups is 2. The maximum Gasteiger partial charge on any atom is 0.244 e. The van der Waals surface area contributed by atoms with Gasteiger partial charge in [-0.3, -0.25) is 14.8 Å². The SMILES string of the molecule is O=C(CCCCC[C@H](NS(=O)(=O)c1ccc(Cl)cc1)C(=O)Nc1nc(-c2ccccc2)cs1)NO. The number of anilines is 1. The second-order valence-electron chi connectivity index (χ2n) is 7.66. The Hall–Kier alpha value is -2.83. The molecule has 2 aromatic carbocycles. The molecule has 186 valence electrons. The van der Waals surface area contributed by atoms with Gasteiger partial charge in [0.25, 0.3) is 0 Å². The van der Waals surface area contributed by atoms with Crippen LogP contribution in [0.5, 0.6) is 0 Å². The van der Waals surface area contributed by atoms with Crippen LogP contribution >= 0.6 is 22.9 Å². The van der Waals surface area contributed by atoms with E-state index in [-0.39, 0.29) is 17.7 Å². The largest absolute Gasteiger partial charge is 0.301 e. The van der Waals surface area contributed by atoms with Crippen LogP contribution in [0.15, 0.2) is 64.9 Å². The Morgan fingerprint density at radius 2 is 1.74 bits per heavy atom. The van der Waals surface area contributed by atoms with Crippen LogP contribution in [0, 0.1) is 0 Å². The van der Waals surface area contributed by atoms with E-state index in [1.807, 2.05) is 35.7 Å². The quantitative estimate of drug-likeness (QED) is 0.155. The fourth-order valence-corrected chi connectivity index (χ4v) is 5.32. The lowest BCUT2D eigenvalue weighted by Gasteiger charge is -2.18. The van der Waals surface area contributed by atoms with Crippen LogP contribution < -0.4 is 15.5 Å². The van der Waals surface area contributed by atoms with Crippen LogP contribution in [-0.2, 0) is 19.6 Å². The Morgan fingerprint density at radius 1 is 1.03 bits per heavy atom. The first-order chi connectivity index (χ1) is 16.8. The summed E-state index contributed by atoms with van der Waals surface area (Å²) >= 11 is 7.10. The number of halogens is 1. The first kappa shape index (κ1) is 26.8. The number of benzene rings is 2. The molecule has 0 aliphatic carbocycles. The zero-order valence-corrected chi connectivity index (χ0v) is 21.0. The molecular formula is C23H25ClN4O5S2. The van der Waals surface area contributed by atoms with Gasteiger partial charge in [-0.2, -0.15) is 4.72 Å². The van der Waals surface area contributed by atoms with Crippen molar-refractivity contribution in [2.75, 3.05) is 5.32 Å². The summed E-state index contributed by atoms with van der Waals surface area (Å²) in [6.07, 6.45) is 1.86. The second kappa shape index (κ2) is 12.8. The number of amides is 2. The number of unbranched alkanes of at least 4 members (excludes halogenated alkanes) is 2. The molecule has 3 aromatic rings. The van der Waals surface area contributed by atoms with Crippen molar-refractivity contribution in [3.63, 3.8) is 0 Å². The van der Waals surface area contributed by atoms with Gasteiger partial charge >= 0.3 is 0 Å². The van der Waals surface area contributed by atoms with Gasteiger partial charge in [-0.15, -0.1) is 11.3 Å².